The predicted molar refractivity (Wildman–Crippen MR) is 77.9 cm³/mol. The van der Waals surface area contributed by atoms with E-state index in [-0.39, 0.29) is 17.9 Å². The topological polar surface area (TPSA) is 79.7 Å². The fourth-order valence-corrected chi connectivity index (χ4v) is 3.06. The Kier molecular flexibility index (Phi) is 4.95. The molecule has 1 aromatic heterocycles. The summed E-state index contributed by atoms with van der Waals surface area (Å²) in [7, 11) is 1.69. The number of nitrogens with zero attached hydrogens (tertiary/aromatic N) is 2. The molecule has 1 fully saturated rings. The SMILES string of the molecule is CCO[C@H](C)c1nc(CN(C)C(=O)[C@@H]2C[C@@H]2C(=O)O)cs1. The van der Waals surface area contributed by atoms with Gasteiger partial charge in [-0.3, -0.25) is 9.59 Å². The molecule has 1 aromatic rings. The van der Waals surface area contributed by atoms with E-state index in [0.717, 1.165) is 10.7 Å². The van der Waals surface area contributed by atoms with Gasteiger partial charge in [0.1, 0.15) is 11.1 Å². The normalized spacial score (nSPS) is 21.9. The number of carbonyl (C=O) groups excluding carboxylic acids is 1. The van der Waals surface area contributed by atoms with Gasteiger partial charge >= 0.3 is 5.97 Å². The van der Waals surface area contributed by atoms with Crippen molar-refractivity contribution in [1.82, 2.24) is 9.88 Å². The number of carboxylic acids is 1. The highest BCUT2D eigenvalue weighted by molar-refractivity contribution is 7.09. The Hall–Kier alpha value is -1.47. The van der Waals surface area contributed by atoms with Gasteiger partial charge in [0.25, 0.3) is 0 Å². The van der Waals surface area contributed by atoms with E-state index in [1.165, 1.54) is 11.3 Å². The zero-order valence-corrected chi connectivity index (χ0v) is 13.2. The molecule has 1 aliphatic carbocycles. The number of aromatic nitrogens is 1. The third kappa shape index (κ3) is 3.79. The van der Waals surface area contributed by atoms with E-state index < -0.39 is 11.9 Å². The number of hydrogen-bond donors (Lipinski definition) is 1. The van der Waals surface area contributed by atoms with Gasteiger partial charge in [-0.05, 0) is 20.3 Å². The van der Waals surface area contributed by atoms with Crippen molar-refractivity contribution in [2.24, 2.45) is 11.8 Å². The van der Waals surface area contributed by atoms with Crippen LogP contribution in [0, 0.1) is 11.8 Å². The highest BCUT2D eigenvalue weighted by atomic mass is 32.1. The highest BCUT2D eigenvalue weighted by Crippen LogP contribution is 2.40. The molecule has 0 unspecified atom stereocenters. The van der Waals surface area contributed by atoms with Gasteiger partial charge in [0.05, 0.1) is 24.1 Å². The van der Waals surface area contributed by atoms with Crippen LogP contribution in [0.1, 0.15) is 37.1 Å². The summed E-state index contributed by atoms with van der Waals surface area (Å²) in [6.07, 6.45) is 0.400. The minimum absolute atomic E-state index is 0.0467. The number of thiazole rings is 1. The lowest BCUT2D eigenvalue weighted by molar-refractivity contribution is -0.141. The second-order valence-corrected chi connectivity index (χ2v) is 6.15. The van der Waals surface area contributed by atoms with Crippen molar-refractivity contribution in [3.8, 4) is 0 Å². The third-order valence-electron chi connectivity index (χ3n) is 3.53. The van der Waals surface area contributed by atoms with Crippen LogP contribution in [0.4, 0.5) is 0 Å². The van der Waals surface area contributed by atoms with Crippen molar-refractivity contribution in [1.29, 1.82) is 0 Å². The van der Waals surface area contributed by atoms with Gasteiger partial charge in [-0.15, -0.1) is 11.3 Å². The molecule has 1 N–H and O–H groups in total. The summed E-state index contributed by atoms with van der Waals surface area (Å²) >= 11 is 1.51. The molecule has 1 saturated carbocycles. The minimum atomic E-state index is -0.886. The van der Waals surface area contributed by atoms with Crippen LogP contribution in [0.3, 0.4) is 0 Å². The van der Waals surface area contributed by atoms with E-state index in [1.54, 1.807) is 11.9 Å². The zero-order chi connectivity index (χ0) is 15.6. The maximum absolute atomic E-state index is 12.1. The number of carbonyl (C=O) groups is 2. The molecular formula is C14H20N2O4S. The van der Waals surface area contributed by atoms with Crippen LogP contribution >= 0.6 is 11.3 Å². The fourth-order valence-electron chi connectivity index (χ4n) is 2.25. The average molecular weight is 312 g/mol. The Morgan fingerprint density at radius 1 is 1.57 bits per heavy atom. The van der Waals surface area contributed by atoms with Gasteiger partial charge in [0, 0.05) is 19.0 Å². The number of ether oxygens (including phenoxy) is 1. The first-order valence-corrected chi connectivity index (χ1v) is 7.85. The number of amides is 1. The molecule has 1 aliphatic rings. The smallest absolute Gasteiger partial charge is 0.307 e. The lowest BCUT2D eigenvalue weighted by Gasteiger charge is -2.15. The van der Waals surface area contributed by atoms with Crippen molar-refractivity contribution in [3.63, 3.8) is 0 Å². The maximum Gasteiger partial charge on any atom is 0.307 e. The van der Waals surface area contributed by atoms with E-state index >= 15 is 0 Å². The van der Waals surface area contributed by atoms with Crippen molar-refractivity contribution < 1.29 is 19.4 Å². The minimum Gasteiger partial charge on any atom is -0.481 e. The van der Waals surface area contributed by atoms with Crippen LogP contribution in [0.2, 0.25) is 0 Å². The van der Waals surface area contributed by atoms with Crippen LogP contribution in [0.5, 0.6) is 0 Å². The summed E-state index contributed by atoms with van der Waals surface area (Å²) < 4.78 is 5.48. The molecule has 3 atom stereocenters. The Morgan fingerprint density at radius 3 is 2.86 bits per heavy atom. The Bertz CT molecular complexity index is 531. The van der Waals surface area contributed by atoms with Crippen LogP contribution in [-0.2, 0) is 20.9 Å². The fraction of sp³-hybridized carbons (Fsp3) is 0.643. The maximum atomic E-state index is 12.1. The molecule has 2 rings (SSSR count). The van der Waals surface area contributed by atoms with Gasteiger partial charge in [-0.1, -0.05) is 0 Å². The Balaban J connectivity index is 1.90. The zero-order valence-electron chi connectivity index (χ0n) is 12.4. The molecule has 1 amide bonds. The lowest BCUT2D eigenvalue weighted by Crippen LogP contribution is -2.29. The number of hydrogen-bond acceptors (Lipinski definition) is 5. The molecule has 116 valence electrons. The average Bonchev–Trinajstić information content (AvgIpc) is 3.11. The van der Waals surface area contributed by atoms with E-state index in [2.05, 4.69) is 4.98 Å². The molecular weight excluding hydrogens is 292 g/mol. The van der Waals surface area contributed by atoms with Crippen molar-refractivity contribution in [2.75, 3.05) is 13.7 Å². The summed E-state index contributed by atoms with van der Waals surface area (Å²) in [6, 6.07) is 0. The monoisotopic (exact) mass is 312 g/mol. The quantitative estimate of drug-likeness (QED) is 0.832. The van der Waals surface area contributed by atoms with E-state index in [1.807, 2.05) is 19.2 Å². The van der Waals surface area contributed by atoms with Gasteiger partial charge in [0.15, 0.2) is 0 Å². The molecule has 1 heterocycles. The molecule has 0 radical (unpaired) electrons. The first kappa shape index (κ1) is 15.9. The molecule has 0 spiro atoms. The van der Waals surface area contributed by atoms with Crippen molar-refractivity contribution >= 4 is 23.2 Å². The molecule has 21 heavy (non-hydrogen) atoms. The van der Waals surface area contributed by atoms with E-state index in [4.69, 9.17) is 9.84 Å². The highest BCUT2D eigenvalue weighted by Gasteiger charge is 2.49. The predicted octanol–water partition coefficient (Wildman–Crippen LogP) is 1.92. The Morgan fingerprint density at radius 2 is 2.29 bits per heavy atom. The van der Waals surface area contributed by atoms with Gasteiger partial charge in [0.2, 0.25) is 5.91 Å². The Labute approximate surface area is 127 Å². The second-order valence-electron chi connectivity index (χ2n) is 5.26. The molecule has 7 heteroatoms. The standard InChI is InChI=1S/C14H20N2O4S/c1-4-20-8(2)12-15-9(7-21-12)6-16(3)13(17)10-5-11(10)14(18)19/h7-8,10-11H,4-6H2,1-3H3,(H,18,19)/t8-,10-,11+/m1/s1. The van der Waals surface area contributed by atoms with E-state index in [9.17, 15) is 9.59 Å². The van der Waals surface area contributed by atoms with Crippen LogP contribution < -0.4 is 0 Å². The van der Waals surface area contributed by atoms with Gasteiger partial charge in [-0.2, -0.15) is 0 Å². The van der Waals surface area contributed by atoms with Crippen molar-refractivity contribution in [2.45, 2.75) is 32.9 Å². The van der Waals surface area contributed by atoms with Gasteiger partial charge in [-0.25, -0.2) is 4.98 Å². The first-order valence-electron chi connectivity index (χ1n) is 6.97. The second kappa shape index (κ2) is 6.53. The largest absolute Gasteiger partial charge is 0.481 e. The van der Waals surface area contributed by atoms with Crippen LogP contribution in [0.25, 0.3) is 0 Å². The summed E-state index contributed by atoms with van der Waals surface area (Å²) in [5, 5.41) is 11.7. The number of rotatable bonds is 7. The summed E-state index contributed by atoms with van der Waals surface area (Å²) in [6.45, 7) is 4.92. The molecule has 0 saturated heterocycles. The van der Waals surface area contributed by atoms with Crippen molar-refractivity contribution in [3.05, 3.63) is 16.1 Å². The number of aliphatic carboxylic acids is 1. The summed E-state index contributed by atoms with van der Waals surface area (Å²) in [5.74, 6) is -1.88. The van der Waals surface area contributed by atoms with E-state index in [0.29, 0.717) is 19.6 Å². The van der Waals surface area contributed by atoms with Gasteiger partial charge < -0.3 is 14.7 Å². The molecule has 0 aliphatic heterocycles. The number of carboxylic acid groups (broad SMARTS) is 1. The first-order chi connectivity index (χ1) is 9.93. The lowest BCUT2D eigenvalue weighted by atomic mass is 10.3. The molecule has 6 nitrogen and oxygen atoms in total. The third-order valence-corrected chi connectivity index (χ3v) is 4.59. The van der Waals surface area contributed by atoms with Crippen LogP contribution in [0.15, 0.2) is 5.38 Å². The summed E-state index contributed by atoms with van der Waals surface area (Å²) in [5.41, 5.74) is 0.810. The summed E-state index contributed by atoms with van der Waals surface area (Å²) in [4.78, 5) is 28.9. The van der Waals surface area contributed by atoms with Crippen LogP contribution in [-0.4, -0.2) is 40.5 Å². The molecule has 0 bridgehead atoms. The molecule has 0 aromatic carbocycles.